The third-order valence-corrected chi connectivity index (χ3v) is 3.56. The van der Waals surface area contributed by atoms with Gasteiger partial charge in [0.25, 0.3) is 0 Å². The molecule has 1 saturated heterocycles. The van der Waals surface area contributed by atoms with E-state index in [9.17, 15) is 14.0 Å². The second kappa shape index (κ2) is 4.88. The summed E-state index contributed by atoms with van der Waals surface area (Å²) in [6.07, 6.45) is 0.956. The Morgan fingerprint density at radius 2 is 2.11 bits per heavy atom. The quantitative estimate of drug-likeness (QED) is 0.817. The zero-order chi connectivity index (χ0) is 13.3. The molecule has 96 valence electrons. The number of imide groups is 1. The van der Waals surface area contributed by atoms with Crippen LogP contribution >= 0.6 is 0 Å². The average molecular weight is 249 g/mol. The van der Waals surface area contributed by atoms with Gasteiger partial charge in [-0.1, -0.05) is 13.0 Å². The summed E-state index contributed by atoms with van der Waals surface area (Å²) in [5, 5.41) is 2.36. The van der Waals surface area contributed by atoms with Crippen LogP contribution in [0, 0.1) is 18.7 Å². The summed E-state index contributed by atoms with van der Waals surface area (Å²) in [5.74, 6) is -1.12. The van der Waals surface area contributed by atoms with Crippen LogP contribution in [-0.4, -0.2) is 11.8 Å². The second-order valence-corrected chi connectivity index (χ2v) is 4.74. The fraction of sp³-hybridized carbons (Fsp3) is 0.429. The lowest BCUT2D eigenvalue weighted by Gasteiger charge is -2.30. The smallest absolute Gasteiger partial charge is 0.230 e. The summed E-state index contributed by atoms with van der Waals surface area (Å²) < 4.78 is 13.1. The number of piperidine rings is 1. The molecule has 0 radical (unpaired) electrons. The molecule has 0 aromatic heterocycles. The first-order valence-corrected chi connectivity index (χ1v) is 6.12. The van der Waals surface area contributed by atoms with Crippen LogP contribution in [0.25, 0.3) is 0 Å². The van der Waals surface area contributed by atoms with Gasteiger partial charge in [0.1, 0.15) is 5.82 Å². The average Bonchev–Trinajstić information content (AvgIpc) is 2.28. The van der Waals surface area contributed by atoms with Crippen molar-refractivity contribution in [2.45, 2.75) is 32.6 Å². The van der Waals surface area contributed by atoms with Crippen molar-refractivity contribution in [3.8, 4) is 0 Å². The van der Waals surface area contributed by atoms with Crippen molar-refractivity contribution < 1.29 is 14.0 Å². The Balaban J connectivity index is 2.39. The topological polar surface area (TPSA) is 46.2 Å². The van der Waals surface area contributed by atoms with Gasteiger partial charge in [0.2, 0.25) is 11.8 Å². The minimum absolute atomic E-state index is 0.142. The van der Waals surface area contributed by atoms with Gasteiger partial charge in [-0.05, 0) is 36.6 Å². The summed E-state index contributed by atoms with van der Waals surface area (Å²) >= 11 is 0. The maximum atomic E-state index is 13.1. The standard InChI is InChI=1S/C14H16FNO2/c1-3-10-12(7-13(17)16-14(10)18)11-5-4-9(15)6-8(11)2/h4-6,10,12H,3,7H2,1-2H3,(H,16,17,18). The van der Waals surface area contributed by atoms with E-state index in [0.717, 1.165) is 11.1 Å². The Kier molecular flexibility index (Phi) is 3.45. The van der Waals surface area contributed by atoms with E-state index < -0.39 is 0 Å². The van der Waals surface area contributed by atoms with Crippen molar-refractivity contribution in [1.29, 1.82) is 0 Å². The summed E-state index contributed by atoms with van der Waals surface area (Å²) in [7, 11) is 0. The molecule has 2 unspecified atom stereocenters. The molecule has 4 heteroatoms. The SMILES string of the molecule is CCC1C(=O)NC(=O)CC1c1ccc(F)cc1C. The minimum atomic E-state index is -0.295. The van der Waals surface area contributed by atoms with Gasteiger partial charge >= 0.3 is 0 Å². The van der Waals surface area contributed by atoms with E-state index in [0.29, 0.717) is 6.42 Å². The molecule has 2 rings (SSSR count). The van der Waals surface area contributed by atoms with Crippen molar-refractivity contribution in [3.05, 3.63) is 35.1 Å². The number of aryl methyl sites for hydroxylation is 1. The fourth-order valence-corrected chi connectivity index (χ4v) is 2.66. The molecule has 0 aliphatic carbocycles. The van der Waals surface area contributed by atoms with Gasteiger partial charge in [-0.15, -0.1) is 0 Å². The molecule has 18 heavy (non-hydrogen) atoms. The lowest BCUT2D eigenvalue weighted by molar-refractivity contribution is -0.137. The van der Waals surface area contributed by atoms with Crippen LogP contribution in [0.2, 0.25) is 0 Å². The first-order chi connectivity index (χ1) is 8.52. The molecule has 1 aliphatic heterocycles. The molecular weight excluding hydrogens is 233 g/mol. The van der Waals surface area contributed by atoms with Gasteiger partial charge in [-0.3, -0.25) is 14.9 Å². The second-order valence-electron chi connectivity index (χ2n) is 4.74. The number of hydrogen-bond acceptors (Lipinski definition) is 2. The maximum absolute atomic E-state index is 13.1. The van der Waals surface area contributed by atoms with Gasteiger partial charge in [0.05, 0.1) is 0 Å². The van der Waals surface area contributed by atoms with E-state index >= 15 is 0 Å². The zero-order valence-corrected chi connectivity index (χ0v) is 10.5. The molecule has 0 saturated carbocycles. The molecule has 1 heterocycles. The first-order valence-electron chi connectivity index (χ1n) is 6.12. The van der Waals surface area contributed by atoms with Crippen molar-refractivity contribution in [3.63, 3.8) is 0 Å². The summed E-state index contributed by atoms with van der Waals surface area (Å²) in [6.45, 7) is 3.73. The molecule has 0 bridgehead atoms. The maximum Gasteiger partial charge on any atom is 0.230 e. The normalized spacial score (nSPS) is 23.9. The lowest BCUT2D eigenvalue weighted by Crippen LogP contribution is -2.44. The van der Waals surface area contributed by atoms with Crippen LogP contribution in [0.5, 0.6) is 0 Å². The largest absolute Gasteiger partial charge is 0.296 e. The Bertz CT molecular complexity index is 499. The van der Waals surface area contributed by atoms with E-state index in [1.54, 1.807) is 6.07 Å². The predicted octanol–water partition coefficient (Wildman–Crippen LogP) is 2.29. The molecular formula is C14H16FNO2. The van der Waals surface area contributed by atoms with E-state index in [1.165, 1.54) is 12.1 Å². The highest BCUT2D eigenvalue weighted by Crippen LogP contribution is 2.35. The Labute approximate surface area is 105 Å². The third kappa shape index (κ3) is 2.28. The van der Waals surface area contributed by atoms with Crippen molar-refractivity contribution in [2.24, 2.45) is 5.92 Å². The van der Waals surface area contributed by atoms with Crippen LogP contribution in [-0.2, 0) is 9.59 Å². The van der Waals surface area contributed by atoms with Gasteiger partial charge in [-0.25, -0.2) is 4.39 Å². The Hall–Kier alpha value is -1.71. The van der Waals surface area contributed by atoms with Crippen LogP contribution < -0.4 is 5.32 Å². The Morgan fingerprint density at radius 1 is 1.39 bits per heavy atom. The highest BCUT2D eigenvalue weighted by atomic mass is 19.1. The summed E-state index contributed by atoms with van der Waals surface area (Å²) in [6, 6.07) is 4.51. The molecule has 1 fully saturated rings. The number of hydrogen-bond donors (Lipinski definition) is 1. The van der Waals surface area contributed by atoms with Gasteiger partial charge in [0.15, 0.2) is 0 Å². The summed E-state index contributed by atoms with van der Waals surface area (Å²) in [5.41, 5.74) is 1.69. The third-order valence-electron chi connectivity index (χ3n) is 3.56. The van der Waals surface area contributed by atoms with E-state index in [4.69, 9.17) is 0 Å². The molecule has 1 aromatic rings. The Morgan fingerprint density at radius 3 is 2.72 bits per heavy atom. The molecule has 0 spiro atoms. The van der Waals surface area contributed by atoms with E-state index in [-0.39, 0.29) is 35.9 Å². The molecule has 1 N–H and O–H groups in total. The number of carbonyl (C=O) groups is 2. The molecule has 1 aliphatic rings. The number of nitrogens with one attached hydrogen (secondary N) is 1. The van der Waals surface area contributed by atoms with Crippen molar-refractivity contribution in [1.82, 2.24) is 5.32 Å². The lowest BCUT2D eigenvalue weighted by atomic mass is 9.77. The number of amides is 2. The van der Waals surface area contributed by atoms with E-state index in [1.807, 2.05) is 13.8 Å². The monoisotopic (exact) mass is 249 g/mol. The first kappa shape index (κ1) is 12.7. The van der Waals surface area contributed by atoms with Crippen molar-refractivity contribution in [2.75, 3.05) is 0 Å². The fourth-order valence-electron chi connectivity index (χ4n) is 2.66. The van der Waals surface area contributed by atoms with Crippen LogP contribution in [0.15, 0.2) is 18.2 Å². The number of halogens is 1. The zero-order valence-electron chi connectivity index (χ0n) is 10.5. The number of benzene rings is 1. The van der Waals surface area contributed by atoms with Gasteiger partial charge in [0, 0.05) is 18.3 Å². The predicted molar refractivity (Wildman–Crippen MR) is 65.4 cm³/mol. The van der Waals surface area contributed by atoms with Crippen LogP contribution in [0.3, 0.4) is 0 Å². The molecule has 2 atom stereocenters. The highest BCUT2D eigenvalue weighted by Gasteiger charge is 2.36. The number of carbonyl (C=O) groups excluding carboxylic acids is 2. The molecule has 2 amide bonds. The van der Waals surface area contributed by atoms with Crippen molar-refractivity contribution >= 4 is 11.8 Å². The van der Waals surface area contributed by atoms with Gasteiger partial charge in [-0.2, -0.15) is 0 Å². The molecule has 3 nitrogen and oxygen atoms in total. The van der Waals surface area contributed by atoms with Crippen LogP contribution in [0.1, 0.15) is 36.8 Å². The number of rotatable bonds is 2. The molecule has 1 aromatic carbocycles. The summed E-state index contributed by atoms with van der Waals surface area (Å²) in [4.78, 5) is 23.3. The van der Waals surface area contributed by atoms with Gasteiger partial charge < -0.3 is 0 Å². The van der Waals surface area contributed by atoms with Crippen LogP contribution in [0.4, 0.5) is 4.39 Å². The minimum Gasteiger partial charge on any atom is -0.296 e. The highest BCUT2D eigenvalue weighted by molar-refractivity contribution is 5.99. The van der Waals surface area contributed by atoms with E-state index in [2.05, 4.69) is 5.32 Å².